The zero-order valence-electron chi connectivity index (χ0n) is 16.5. The molecule has 0 aliphatic carbocycles. The molecule has 2 aromatic carbocycles. The minimum absolute atomic E-state index is 0.222. The van der Waals surface area contributed by atoms with Crippen LogP contribution < -0.4 is 4.90 Å². The molecule has 3 rings (SSSR count). The number of methoxy groups -OCH3 is 1. The van der Waals surface area contributed by atoms with Gasteiger partial charge in [0, 0.05) is 12.1 Å². The number of aromatic nitrogens is 1. The standard InChI is InChI=1S/C21H22FN3O3S/c1-24(2)11-4-12-25(21-23-17-10-9-16(22)13-18(17)29-21)19(26)14-5-7-15(8-6-14)20(27)28-3/h5-10,13H,4,11-12H2,1-3H3. The molecule has 29 heavy (non-hydrogen) atoms. The molecule has 6 nitrogen and oxygen atoms in total. The van der Waals surface area contributed by atoms with Crippen molar-refractivity contribution in [1.29, 1.82) is 0 Å². The molecular weight excluding hydrogens is 393 g/mol. The Morgan fingerprint density at radius 3 is 2.41 bits per heavy atom. The Hall–Kier alpha value is -2.84. The molecule has 1 heterocycles. The number of anilines is 1. The maximum atomic E-state index is 13.5. The van der Waals surface area contributed by atoms with E-state index in [9.17, 15) is 14.0 Å². The van der Waals surface area contributed by atoms with E-state index in [0.29, 0.717) is 33.0 Å². The highest BCUT2D eigenvalue weighted by molar-refractivity contribution is 7.22. The van der Waals surface area contributed by atoms with Crippen LogP contribution in [0.4, 0.5) is 9.52 Å². The third-order valence-corrected chi connectivity index (χ3v) is 5.40. The van der Waals surface area contributed by atoms with E-state index in [2.05, 4.69) is 4.98 Å². The summed E-state index contributed by atoms with van der Waals surface area (Å²) < 4.78 is 18.9. The van der Waals surface area contributed by atoms with E-state index in [1.165, 1.54) is 30.6 Å². The van der Waals surface area contributed by atoms with Crippen LogP contribution in [0.1, 0.15) is 27.1 Å². The smallest absolute Gasteiger partial charge is 0.337 e. The van der Waals surface area contributed by atoms with Gasteiger partial charge in [0.15, 0.2) is 5.13 Å². The lowest BCUT2D eigenvalue weighted by Crippen LogP contribution is -2.33. The normalized spacial score (nSPS) is 11.1. The number of ether oxygens (including phenoxy) is 1. The summed E-state index contributed by atoms with van der Waals surface area (Å²) in [7, 11) is 5.25. The predicted octanol–water partition coefficient (Wildman–Crippen LogP) is 3.82. The second-order valence-corrected chi connectivity index (χ2v) is 7.80. The fourth-order valence-corrected chi connectivity index (χ4v) is 3.87. The van der Waals surface area contributed by atoms with Crippen molar-refractivity contribution in [3.63, 3.8) is 0 Å². The molecule has 0 bridgehead atoms. The van der Waals surface area contributed by atoms with Gasteiger partial charge in [-0.05, 0) is 69.5 Å². The van der Waals surface area contributed by atoms with Crippen LogP contribution in [0, 0.1) is 5.82 Å². The number of nitrogens with zero attached hydrogens (tertiary/aromatic N) is 3. The molecule has 8 heteroatoms. The number of rotatable bonds is 7. The number of thiazole rings is 1. The first-order chi connectivity index (χ1) is 13.9. The summed E-state index contributed by atoms with van der Waals surface area (Å²) in [6.45, 7) is 1.28. The minimum Gasteiger partial charge on any atom is -0.465 e. The van der Waals surface area contributed by atoms with Crippen molar-refractivity contribution in [3.05, 3.63) is 59.4 Å². The minimum atomic E-state index is -0.458. The lowest BCUT2D eigenvalue weighted by atomic mass is 10.1. The maximum Gasteiger partial charge on any atom is 0.337 e. The molecule has 152 valence electrons. The molecular formula is C21H22FN3O3S. The number of hydrogen-bond acceptors (Lipinski definition) is 6. The highest BCUT2D eigenvalue weighted by Gasteiger charge is 2.22. The van der Waals surface area contributed by atoms with E-state index in [1.54, 1.807) is 35.2 Å². The number of carbonyl (C=O) groups excluding carboxylic acids is 2. The first-order valence-corrected chi connectivity index (χ1v) is 9.92. The van der Waals surface area contributed by atoms with Gasteiger partial charge in [0.1, 0.15) is 5.82 Å². The number of halogens is 1. The predicted molar refractivity (Wildman–Crippen MR) is 112 cm³/mol. The summed E-state index contributed by atoms with van der Waals surface area (Å²) in [6.07, 6.45) is 0.753. The molecule has 1 amide bonds. The third kappa shape index (κ3) is 4.96. The third-order valence-electron chi connectivity index (χ3n) is 4.36. The van der Waals surface area contributed by atoms with Gasteiger partial charge in [-0.25, -0.2) is 14.2 Å². The maximum absolute atomic E-state index is 13.5. The summed E-state index contributed by atoms with van der Waals surface area (Å²) in [5.74, 6) is -1.02. The molecule has 1 aromatic heterocycles. The second kappa shape index (κ2) is 9.11. The van der Waals surface area contributed by atoms with Crippen LogP contribution in [0.2, 0.25) is 0 Å². The lowest BCUT2D eigenvalue weighted by Gasteiger charge is -2.21. The number of fused-ring (bicyclic) bond motifs is 1. The largest absolute Gasteiger partial charge is 0.465 e. The van der Waals surface area contributed by atoms with Crippen LogP contribution in [0.5, 0.6) is 0 Å². The summed E-state index contributed by atoms with van der Waals surface area (Å²) in [5, 5.41) is 0.520. The van der Waals surface area contributed by atoms with Crippen LogP contribution >= 0.6 is 11.3 Å². The van der Waals surface area contributed by atoms with Crippen LogP contribution in [-0.2, 0) is 4.74 Å². The fourth-order valence-electron chi connectivity index (χ4n) is 2.85. The van der Waals surface area contributed by atoms with Crippen molar-refractivity contribution >= 4 is 38.6 Å². The number of esters is 1. The van der Waals surface area contributed by atoms with Crippen LogP contribution in [-0.4, -0.2) is 56.1 Å². The SMILES string of the molecule is COC(=O)c1ccc(C(=O)N(CCCN(C)C)c2nc3ccc(F)cc3s2)cc1. The zero-order valence-corrected chi connectivity index (χ0v) is 17.3. The molecule has 0 N–H and O–H groups in total. The van der Waals surface area contributed by atoms with E-state index in [1.807, 2.05) is 19.0 Å². The Bertz CT molecular complexity index is 1020. The second-order valence-electron chi connectivity index (χ2n) is 6.79. The average molecular weight is 415 g/mol. The molecule has 0 aliphatic rings. The van der Waals surface area contributed by atoms with Crippen LogP contribution in [0.3, 0.4) is 0 Å². The van der Waals surface area contributed by atoms with Crippen molar-refractivity contribution in [2.75, 3.05) is 39.2 Å². The number of carbonyl (C=O) groups is 2. The topological polar surface area (TPSA) is 62.7 Å². The van der Waals surface area contributed by atoms with E-state index in [-0.39, 0.29) is 11.7 Å². The highest BCUT2D eigenvalue weighted by atomic mass is 32.1. The molecule has 3 aromatic rings. The average Bonchev–Trinajstić information content (AvgIpc) is 3.12. The van der Waals surface area contributed by atoms with Crippen LogP contribution in [0.15, 0.2) is 42.5 Å². The molecule has 0 spiro atoms. The monoisotopic (exact) mass is 415 g/mol. The van der Waals surface area contributed by atoms with E-state index in [0.717, 1.165) is 13.0 Å². The summed E-state index contributed by atoms with van der Waals surface area (Å²) in [4.78, 5) is 33.0. The van der Waals surface area contributed by atoms with Gasteiger partial charge < -0.3 is 9.64 Å². The Morgan fingerprint density at radius 2 is 1.76 bits per heavy atom. The summed E-state index contributed by atoms with van der Waals surface area (Å²) >= 11 is 1.28. The van der Waals surface area contributed by atoms with Gasteiger partial charge in [-0.15, -0.1) is 0 Å². The first kappa shape index (κ1) is 20.9. The fraction of sp³-hybridized carbons (Fsp3) is 0.286. The van der Waals surface area contributed by atoms with Crippen molar-refractivity contribution in [2.45, 2.75) is 6.42 Å². The Kier molecular flexibility index (Phi) is 6.56. The molecule has 0 saturated carbocycles. The highest BCUT2D eigenvalue weighted by Crippen LogP contribution is 2.30. The first-order valence-electron chi connectivity index (χ1n) is 9.10. The lowest BCUT2D eigenvalue weighted by molar-refractivity contribution is 0.0600. The van der Waals surface area contributed by atoms with Crippen molar-refractivity contribution in [3.8, 4) is 0 Å². The van der Waals surface area contributed by atoms with Crippen molar-refractivity contribution < 1.29 is 18.7 Å². The molecule has 0 saturated heterocycles. The van der Waals surface area contributed by atoms with E-state index < -0.39 is 5.97 Å². The van der Waals surface area contributed by atoms with Crippen LogP contribution in [0.25, 0.3) is 10.2 Å². The van der Waals surface area contributed by atoms with Gasteiger partial charge in [-0.3, -0.25) is 9.69 Å². The van der Waals surface area contributed by atoms with E-state index >= 15 is 0 Å². The quantitative estimate of drug-likeness (QED) is 0.549. The summed E-state index contributed by atoms with van der Waals surface area (Å²) in [6, 6.07) is 10.7. The van der Waals surface area contributed by atoms with Gasteiger partial charge in [-0.1, -0.05) is 11.3 Å². The number of benzene rings is 2. The van der Waals surface area contributed by atoms with Crippen molar-refractivity contribution in [1.82, 2.24) is 9.88 Å². The number of amides is 1. The Labute approximate surface area is 172 Å². The Morgan fingerprint density at radius 1 is 1.07 bits per heavy atom. The molecule has 0 atom stereocenters. The zero-order chi connectivity index (χ0) is 21.0. The Balaban J connectivity index is 1.91. The summed E-state index contributed by atoms with van der Waals surface area (Å²) in [5.41, 5.74) is 1.46. The van der Waals surface area contributed by atoms with Crippen molar-refractivity contribution in [2.24, 2.45) is 0 Å². The number of hydrogen-bond donors (Lipinski definition) is 0. The van der Waals surface area contributed by atoms with Gasteiger partial charge in [0.25, 0.3) is 5.91 Å². The van der Waals surface area contributed by atoms with E-state index in [4.69, 9.17) is 4.74 Å². The van der Waals surface area contributed by atoms with Gasteiger partial charge in [-0.2, -0.15) is 0 Å². The van der Waals surface area contributed by atoms with Gasteiger partial charge in [0.05, 0.1) is 22.9 Å². The molecule has 0 aliphatic heterocycles. The van der Waals surface area contributed by atoms with Gasteiger partial charge in [0.2, 0.25) is 0 Å². The molecule has 0 fully saturated rings. The molecule has 0 unspecified atom stereocenters. The van der Waals surface area contributed by atoms with Gasteiger partial charge >= 0.3 is 5.97 Å². The molecule has 0 radical (unpaired) electrons.